The molecule has 0 bridgehead atoms. The average Bonchev–Trinajstić information content (AvgIpc) is 2.31. The number of rotatable bonds is 5. The van der Waals surface area contributed by atoms with Crippen LogP contribution in [0.4, 0.5) is 0 Å². The second-order valence-electron chi connectivity index (χ2n) is 5.08. The average molecular weight is 271 g/mol. The molecule has 0 aromatic heterocycles. The molecule has 1 heterocycles. The van der Waals surface area contributed by atoms with Gasteiger partial charge in [0.25, 0.3) is 0 Å². The third-order valence-electron chi connectivity index (χ3n) is 2.68. The van der Waals surface area contributed by atoms with E-state index >= 15 is 0 Å². The molecule has 1 saturated heterocycles. The fourth-order valence-corrected chi connectivity index (χ4v) is 1.62. The van der Waals surface area contributed by atoms with Gasteiger partial charge in [0.15, 0.2) is 5.79 Å². The first-order valence-electron chi connectivity index (χ1n) is 6.12. The maximum absolute atomic E-state index is 11.7. The van der Waals surface area contributed by atoms with E-state index in [9.17, 15) is 9.59 Å². The summed E-state index contributed by atoms with van der Waals surface area (Å²) in [5, 5.41) is 2.79. The van der Waals surface area contributed by atoms with Crippen molar-refractivity contribution in [2.45, 2.75) is 38.5 Å². The molecule has 0 aromatic rings. The zero-order valence-corrected chi connectivity index (χ0v) is 11.7. The summed E-state index contributed by atoms with van der Waals surface area (Å²) in [4.78, 5) is 22.6. The van der Waals surface area contributed by atoms with Crippen LogP contribution in [0, 0.1) is 0 Å². The summed E-state index contributed by atoms with van der Waals surface area (Å²) >= 11 is 0. The number of hydrogen-bond donors (Lipinski definition) is 1. The lowest BCUT2D eigenvalue weighted by Crippen LogP contribution is -2.63. The Morgan fingerprint density at radius 3 is 2.42 bits per heavy atom. The monoisotopic (exact) mass is 271 g/mol. The second kappa shape index (κ2) is 6.16. The Morgan fingerprint density at radius 2 is 1.95 bits per heavy atom. The molecule has 6 nitrogen and oxygen atoms in total. The van der Waals surface area contributed by atoms with E-state index in [4.69, 9.17) is 14.2 Å². The van der Waals surface area contributed by atoms with Gasteiger partial charge in [-0.3, -0.25) is 9.59 Å². The summed E-state index contributed by atoms with van der Waals surface area (Å²) in [5.74, 6) is -1.33. The number of nitrogens with one attached hydrogen (secondary N) is 1. The highest BCUT2D eigenvalue weighted by atomic mass is 16.7. The Morgan fingerprint density at radius 1 is 1.37 bits per heavy atom. The first-order chi connectivity index (χ1) is 8.79. The van der Waals surface area contributed by atoms with Crippen LogP contribution < -0.4 is 5.32 Å². The molecule has 1 aliphatic heterocycles. The van der Waals surface area contributed by atoms with Crippen LogP contribution in [0.2, 0.25) is 0 Å². The van der Waals surface area contributed by atoms with E-state index in [1.165, 1.54) is 13.0 Å². The summed E-state index contributed by atoms with van der Waals surface area (Å²) in [6.07, 6.45) is 1.69. The lowest BCUT2D eigenvalue weighted by Gasteiger charge is -2.43. The van der Waals surface area contributed by atoms with Crippen LogP contribution in [0.25, 0.3) is 0 Å². The van der Waals surface area contributed by atoms with Crippen molar-refractivity contribution in [3.05, 3.63) is 12.7 Å². The van der Waals surface area contributed by atoms with Gasteiger partial charge in [-0.1, -0.05) is 6.08 Å². The summed E-state index contributed by atoms with van der Waals surface area (Å²) < 4.78 is 16.1. The van der Waals surface area contributed by atoms with Crippen LogP contribution in [0.5, 0.6) is 0 Å². The van der Waals surface area contributed by atoms with E-state index < -0.39 is 17.3 Å². The van der Waals surface area contributed by atoms with Gasteiger partial charge in [-0.15, -0.1) is 6.58 Å². The van der Waals surface area contributed by atoms with E-state index in [0.717, 1.165) is 0 Å². The highest BCUT2D eigenvalue weighted by Crippen LogP contribution is 2.24. The predicted octanol–water partition coefficient (Wildman–Crippen LogP) is 0.763. The first-order valence-corrected chi connectivity index (χ1v) is 6.12. The van der Waals surface area contributed by atoms with Crippen molar-refractivity contribution in [3.63, 3.8) is 0 Å². The van der Waals surface area contributed by atoms with Crippen molar-refractivity contribution in [2.24, 2.45) is 0 Å². The summed E-state index contributed by atoms with van der Waals surface area (Å²) in [5.41, 5.74) is -0.846. The Kier molecular flexibility index (Phi) is 5.08. The Bertz CT molecular complexity index is 354. The SMILES string of the molecule is C=CCC(=O)NC1(COC(C)=O)COC(C)(C)OC1. The van der Waals surface area contributed by atoms with Crippen molar-refractivity contribution in [3.8, 4) is 0 Å². The lowest BCUT2D eigenvalue weighted by atomic mass is 10.0. The molecule has 0 aromatic carbocycles. The van der Waals surface area contributed by atoms with E-state index in [0.29, 0.717) is 0 Å². The number of hydrogen-bond acceptors (Lipinski definition) is 5. The molecular weight excluding hydrogens is 250 g/mol. The van der Waals surface area contributed by atoms with Gasteiger partial charge in [-0.25, -0.2) is 0 Å². The minimum Gasteiger partial charge on any atom is -0.463 e. The van der Waals surface area contributed by atoms with Crippen LogP contribution in [0.15, 0.2) is 12.7 Å². The highest BCUT2D eigenvalue weighted by Gasteiger charge is 2.42. The zero-order chi connectivity index (χ0) is 14.5. The number of esters is 1. The smallest absolute Gasteiger partial charge is 0.302 e. The topological polar surface area (TPSA) is 73.9 Å². The molecule has 1 aliphatic rings. The van der Waals surface area contributed by atoms with Gasteiger partial charge in [0.2, 0.25) is 5.91 Å². The molecule has 0 radical (unpaired) electrons. The van der Waals surface area contributed by atoms with E-state index in [1.54, 1.807) is 13.8 Å². The summed E-state index contributed by atoms with van der Waals surface area (Å²) in [7, 11) is 0. The third-order valence-corrected chi connectivity index (χ3v) is 2.68. The van der Waals surface area contributed by atoms with Gasteiger partial charge in [-0.05, 0) is 13.8 Å². The minimum absolute atomic E-state index is 0.0152. The van der Waals surface area contributed by atoms with E-state index in [-0.39, 0.29) is 32.1 Å². The van der Waals surface area contributed by atoms with Crippen molar-refractivity contribution in [1.29, 1.82) is 0 Å². The number of amides is 1. The molecular formula is C13H21NO5. The van der Waals surface area contributed by atoms with E-state index in [1.807, 2.05) is 0 Å². The Labute approximate surface area is 113 Å². The van der Waals surface area contributed by atoms with Gasteiger partial charge < -0.3 is 19.5 Å². The van der Waals surface area contributed by atoms with Gasteiger partial charge in [0.1, 0.15) is 12.1 Å². The second-order valence-corrected chi connectivity index (χ2v) is 5.08. The first kappa shape index (κ1) is 15.7. The number of carbonyl (C=O) groups excluding carboxylic acids is 2. The van der Waals surface area contributed by atoms with Crippen molar-refractivity contribution < 1.29 is 23.8 Å². The molecule has 19 heavy (non-hydrogen) atoms. The van der Waals surface area contributed by atoms with Crippen LogP contribution in [-0.2, 0) is 23.8 Å². The van der Waals surface area contributed by atoms with Crippen LogP contribution in [0.1, 0.15) is 27.2 Å². The van der Waals surface area contributed by atoms with Crippen molar-refractivity contribution in [2.75, 3.05) is 19.8 Å². The van der Waals surface area contributed by atoms with Gasteiger partial charge in [0.05, 0.1) is 13.2 Å². The Hall–Kier alpha value is -1.40. The lowest BCUT2D eigenvalue weighted by molar-refractivity contribution is -0.275. The minimum atomic E-state index is -0.846. The molecule has 1 amide bonds. The molecule has 1 rings (SSSR count). The largest absolute Gasteiger partial charge is 0.463 e. The molecule has 1 N–H and O–H groups in total. The Balaban J connectivity index is 2.70. The maximum atomic E-state index is 11.7. The normalized spacial score (nSPS) is 20.4. The third kappa shape index (κ3) is 5.00. The molecule has 0 saturated carbocycles. The summed E-state index contributed by atoms with van der Waals surface area (Å²) in [6, 6.07) is 0. The number of ether oxygens (including phenoxy) is 3. The van der Waals surface area contributed by atoms with Gasteiger partial charge in [-0.2, -0.15) is 0 Å². The molecule has 108 valence electrons. The van der Waals surface area contributed by atoms with Crippen LogP contribution in [0.3, 0.4) is 0 Å². The quantitative estimate of drug-likeness (QED) is 0.590. The molecule has 6 heteroatoms. The van der Waals surface area contributed by atoms with Crippen LogP contribution >= 0.6 is 0 Å². The molecule has 0 unspecified atom stereocenters. The molecule has 0 aliphatic carbocycles. The number of carbonyl (C=O) groups is 2. The van der Waals surface area contributed by atoms with Crippen molar-refractivity contribution in [1.82, 2.24) is 5.32 Å². The maximum Gasteiger partial charge on any atom is 0.302 e. The summed E-state index contributed by atoms with van der Waals surface area (Å²) in [6.45, 7) is 8.84. The van der Waals surface area contributed by atoms with Crippen molar-refractivity contribution >= 4 is 11.9 Å². The predicted molar refractivity (Wildman–Crippen MR) is 68.3 cm³/mol. The standard InChI is InChI=1S/C13H21NO5/c1-5-6-11(16)14-13(7-17-10(2)15)8-18-12(3,4)19-9-13/h5H,1,6-9H2,2-4H3,(H,14,16). The molecule has 0 spiro atoms. The van der Waals surface area contributed by atoms with Gasteiger partial charge >= 0.3 is 5.97 Å². The highest BCUT2D eigenvalue weighted by molar-refractivity contribution is 5.78. The van der Waals surface area contributed by atoms with Crippen LogP contribution in [-0.4, -0.2) is 43.0 Å². The van der Waals surface area contributed by atoms with Gasteiger partial charge in [0, 0.05) is 13.3 Å². The molecule has 0 atom stereocenters. The molecule has 1 fully saturated rings. The zero-order valence-electron chi connectivity index (χ0n) is 11.7. The van der Waals surface area contributed by atoms with E-state index in [2.05, 4.69) is 11.9 Å². The fraction of sp³-hybridized carbons (Fsp3) is 0.692. The fourth-order valence-electron chi connectivity index (χ4n) is 1.62.